The van der Waals surface area contributed by atoms with E-state index in [1.807, 2.05) is 6.92 Å². The quantitative estimate of drug-likeness (QED) is 0.926. The highest BCUT2D eigenvalue weighted by molar-refractivity contribution is 7.14. The molecule has 1 aromatic rings. The van der Waals surface area contributed by atoms with Crippen LogP contribution in [0.4, 0.5) is 8.78 Å². The van der Waals surface area contributed by atoms with Crippen LogP contribution < -0.4 is 5.73 Å². The Morgan fingerprint density at radius 2 is 1.95 bits per heavy atom. The van der Waals surface area contributed by atoms with E-state index >= 15 is 0 Å². The molecule has 0 radical (unpaired) electrons. The van der Waals surface area contributed by atoms with E-state index < -0.39 is 24.4 Å². The summed E-state index contributed by atoms with van der Waals surface area (Å²) in [7, 11) is 0. The Bertz CT molecular complexity index is 602. The van der Waals surface area contributed by atoms with Crippen molar-refractivity contribution in [1.29, 1.82) is 0 Å². The smallest absolute Gasteiger partial charge is 0.282 e. The molecule has 3 rings (SSSR count). The molecule has 7 heteroatoms. The highest BCUT2D eigenvalue weighted by Gasteiger charge is 2.53. The Labute approximate surface area is 124 Å². The number of hydrogen-bond donors (Lipinski definition) is 1. The fraction of sp³-hybridized carbons (Fsp3) is 0.571. The number of hydrogen-bond acceptors (Lipinski definition) is 3. The zero-order chi connectivity index (χ0) is 15.4. The summed E-state index contributed by atoms with van der Waals surface area (Å²) in [4.78, 5) is 26.1. The number of alkyl halides is 2. The Morgan fingerprint density at radius 1 is 1.33 bits per heavy atom. The monoisotopic (exact) mass is 314 g/mol. The number of halogens is 2. The van der Waals surface area contributed by atoms with Crippen LogP contribution in [0, 0.1) is 5.41 Å². The van der Waals surface area contributed by atoms with Crippen molar-refractivity contribution in [2.75, 3.05) is 13.1 Å². The van der Waals surface area contributed by atoms with Crippen LogP contribution >= 0.6 is 11.3 Å². The van der Waals surface area contributed by atoms with Crippen LogP contribution in [0.15, 0.2) is 12.1 Å². The Morgan fingerprint density at radius 3 is 2.43 bits per heavy atom. The topological polar surface area (TPSA) is 63.4 Å². The molecule has 114 valence electrons. The molecule has 0 spiro atoms. The molecular weight excluding hydrogens is 298 g/mol. The summed E-state index contributed by atoms with van der Waals surface area (Å²) in [5, 5.41) is 0. The maximum absolute atomic E-state index is 12.8. The van der Waals surface area contributed by atoms with E-state index in [1.54, 1.807) is 12.1 Å². The van der Waals surface area contributed by atoms with Crippen molar-refractivity contribution in [3.8, 4) is 0 Å². The van der Waals surface area contributed by atoms with Gasteiger partial charge >= 0.3 is 0 Å². The number of amides is 2. The van der Waals surface area contributed by atoms with Gasteiger partial charge < -0.3 is 10.6 Å². The lowest BCUT2D eigenvalue weighted by atomic mass is 9.89. The predicted octanol–water partition coefficient (Wildman–Crippen LogP) is 2.21. The summed E-state index contributed by atoms with van der Waals surface area (Å²) >= 11 is 1.27. The highest BCUT2D eigenvalue weighted by atomic mass is 32.1. The molecule has 2 fully saturated rings. The molecule has 1 atom stereocenters. The van der Waals surface area contributed by atoms with Crippen LogP contribution in [0.25, 0.3) is 0 Å². The summed E-state index contributed by atoms with van der Waals surface area (Å²) in [5.74, 6) is -3.47. The van der Waals surface area contributed by atoms with Crippen molar-refractivity contribution in [3.05, 3.63) is 21.9 Å². The van der Waals surface area contributed by atoms with Gasteiger partial charge in [-0.1, -0.05) is 6.92 Å². The number of carbonyl (C=O) groups excluding carboxylic acids is 2. The fourth-order valence-corrected chi connectivity index (χ4v) is 3.96. The predicted molar refractivity (Wildman–Crippen MR) is 74.4 cm³/mol. The number of carbonyl (C=O) groups is 2. The number of thiophene rings is 1. The second-order valence-electron chi connectivity index (χ2n) is 5.96. The normalized spacial score (nSPS) is 23.3. The average Bonchev–Trinajstić information content (AvgIpc) is 3.05. The standard InChI is InChI=1S/C14H16F2N2O2S/c1-8(13(4-5-13)12(17)20)9-2-3-10(21-9)11(19)18-6-14(15,16)7-18/h2-3,8H,4-7H2,1H3,(H2,17,20)/t8-/m0/s1. The molecule has 1 aromatic heterocycles. The zero-order valence-electron chi connectivity index (χ0n) is 11.6. The van der Waals surface area contributed by atoms with Gasteiger partial charge in [0.1, 0.15) is 0 Å². The molecule has 2 aliphatic rings. The van der Waals surface area contributed by atoms with Crippen LogP contribution in [0.2, 0.25) is 0 Å². The van der Waals surface area contributed by atoms with E-state index in [0.717, 1.165) is 22.6 Å². The molecule has 1 saturated carbocycles. The van der Waals surface area contributed by atoms with Crippen molar-refractivity contribution in [1.82, 2.24) is 4.90 Å². The number of nitrogens with two attached hydrogens (primary N) is 1. The van der Waals surface area contributed by atoms with Crippen molar-refractivity contribution in [3.63, 3.8) is 0 Å². The van der Waals surface area contributed by atoms with Gasteiger partial charge in [0, 0.05) is 10.8 Å². The number of primary amides is 1. The third kappa shape index (κ3) is 2.33. The van der Waals surface area contributed by atoms with E-state index in [9.17, 15) is 18.4 Å². The van der Waals surface area contributed by atoms with Crippen molar-refractivity contribution in [2.24, 2.45) is 11.1 Å². The number of nitrogens with zero attached hydrogens (tertiary/aromatic N) is 1. The molecule has 1 saturated heterocycles. The minimum Gasteiger partial charge on any atom is -0.369 e. The Balaban J connectivity index is 1.72. The third-order valence-corrected chi connectivity index (χ3v) is 5.76. The lowest BCUT2D eigenvalue weighted by molar-refractivity contribution is -0.123. The van der Waals surface area contributed by atoms with Crippen LogP contribution in [0.1, 0.15) is 40.2 Å². The maximum Gasteiger partial charge on any atom is 0.282 e. The van der Waals surface area contributed by atoms with E-state index in [1.165, 1.54) is 11.3 Å². The lowest BCUT2D eigenvalue weighted by Gasteiger charge is -2.38. The lowest BCUT2D eigenvalue weighted by Crippen LogP contribution is -2.58. The van der Waals surface area contributed by atoms with Gasteiger partial charge in [0.2, 0.25) is 5.91 Å². The summed E-state index contributed by atoms with van der Waals surface area (Å²) in [6.45, 7) is 0.898. The SMILES string of the molecule is C[C@@H](c1ccc(C(=O)N2CC(F)(F)C2)s1)C1(C(N)=O)CC1. The van der Waals surface area contributed by atoms with Gasteiger partial charge in [-0.05, 0) is 25.0 Å². The van der Waals surface area contributed by atoms with Crippen molar-refractivity contribution >= 4 is 23.2 Å². The minimum absolute atomic E-state index is 0.0422. The first-order chi connectivity index (χ1) is 9.75. The number of likely N-dealkylation sites (tertiary alicyclic amines) is 1. The summed E-state index contributed by atoms with van der Waals surface area (Å²) in [5.41, 5.74) is 4.96. The first-order valence-electron chi connectivity index (χ1n) is 6.82. The van der Waals surface area contributed by atoms with Crippen LogP contribution in [0.3, 0.4) is 0 Å². The first-order valence-corrected chi connectivity index (χ1v) is 7.64. The van der Waals surface area contributed by atoms with Crippen molar-refractivity contribution in [2.45, 2.75) is 31.6 Å². The second kappa shape index (κ2) is 4.50. The molecule has 0 aromatic carbocycles. The largest absolute Gasteiger partial charge is 0.369 e. The molecule has 4 nitrogen and oxygen atoms in total. The molecule has 1 aliphatic carbocycles. The van der Waals surface area contributed by atoms with E-state index in [-0.39, 0.29) is 17.7 Å². The van der Waals surface area contributed by atoms with E-state index in [4.69, 9.17) is 5.73 Å². The molecule has 2 N–H and O–H groups in total. The van der Waals surface area contributed by atoms with Gasteiger partial charge in [-0.3, -0.25) is 9.59 Å². The molecule has 2 amide bonds. The molecule has 21 heavy (non-hydrogen) atoms. The van der Waals surface area contributed by atoms with E-state index in [0.29, 0.717) is 4.88 Å². The van der Waals surface area contributed by atoms with Gasteiger partial charge in [0.15, 0.2) is 0 Å². The van der Waals surface area contributed by atoms with Gasteiger partial charge in [-0.15, -0.1) is 11.3 Å². The molecule has 1 aliphatic heterocycles. The number of rotatable bonds is 4. The second-order valence-corrected chi connectivity index (χ2v) is 7.08. The average molecular weight is 314 g/mol. The van der Waals surface area contributed by atoms with E-state index in [2.05, 4.69) is 0 Å². The minimum atomic E-state index is -2.76. The third-order valence-electron chi connectivity index (χ3n) is 4.50. The highest BCUT2D eigenvalue weighted by Crippen LogP contribution is 2.56. The maximum atomic E-state index is 12.8. The van der Waals surface area contributed by atoms with Gasteiger partial charge in [0.25, 0.3) is 11.8 Å². The Hall–Kier alpha value is -1.50. The molecule has 2 heterocycles. The van der Waals surface area contributed by atoms with Gasteiger partial charge in [-0.2, -0.15) is 0 Å². The summed E-state index contributed by atoms with van der Waals surface area (Å²) in [6, 6.07) is 3.44. The fourth-order valence-electron chi connectivity index (χ4n) is 2.81. The zero-order valence-corrected chi connectivity index (χ0v) is 12.4. The summed E-state index contributed by atoms with van der Waals surface area (Å²) < 4.78 is 25.6. The van der Waals surface area contributed by atoms with Crippen LogP contribution in [0.5, 0.6) is 0 Å². The van der Waals surface area contributed by atoms with Crippen LogP contribution in [-0.4, -0.2) is 35.7 Å². The van der Waals surface area contributed by atoms with Crippen LogP contribution in [-0.2, 0) is 4.79 Å². The first kappa shape index (κ1) is 14.4. The van der Waals surface area contributed by atoms with Gasteiger partial charge in [0.05, 0.1) is 23.4 Å². The molecule has 0 bridgehead atoms. The molecule has 0 unspecified atom stereocenters. The van der Waals surface area contributed by atoms with Gasteiger partial charge in [-0.25, -0.2) is 8.78 Å². The molecular formula is C14H16F2N2O2S. The summed E-state index contributed by atoms with van der Waals surface area (Å²) in [6.07, 6.45) is 1.53. The Kier molecular flexibility index (Phi) is 3.09. The van der Waals surface area contributed by atoms with Crippen molar-refractivity contribution < 1.29 is 18.4 Å².